The third-order valence-corrected chi connectivity index (χ3v) is 6.30. The van der Waals surface area contributed by atoms with E-state index in [9.17, 15) is 4.79 Å². The Hall–Kier alpha value is -3.28. The zero-order valence-electron chi connectivity index (χ0n) is 17.8. The number of hydrogen-bond acceptors (Lipinski definition) is 5. The summed E-state index contributed by atoms with van der Waals surface area (Å²) in [5, 5.41) is 7.50. The number of rotatable bonds is 6. The molecule has 3 N–H and O–H groups in total. The second-order valence-corrected chi connectivity index (χ2v) is 8.28. The summed E-state index contributed by atoms with van der Waals surface area (Å²) in [6.07, 6.45) is 5.59. The first-order valence-electron chi connectivity index (χ1n) is 10.9. The van der Waals surface area contributed by atoms with Crippen molar-refractivity contribution in [3.05, 3.63) is 71.4 Å². The van der Waals surface area contributed by atoms with Crippen LogP contribution in [0.15, 0.2) is 54.7 Å². The molecule has 0 spiro atoms. The van der Waals surface area contributed by atoms with Crippen molar-refractivity contribution in [2.45, 2.75) is 25.9 Å². The van der Waals surface area contributed by atoms with Crippen molar-refractivity contribution in [1.29, 1.82) is 5.41 Å². The predicted molar refractivity (Wildman–Crippen MR) is 124 cm³/mol. The lowest BCUT2D eigenvalue weighted by atomic mass is 9.96. The summed E-state index contributed by atoms with van der Waals surface area (Å²) in [4.78, 5) is 16.7. The average Bonchev–Trinajstić information content (AvgIpc) is 3.21. The topological polar surface area (TPSA) is 82.7 Å². The van der Waals surface area contributed by atoms with Crippen molar-refractivity contribution in [3.63, 3.8) is 0 Å². The van der Waals surface area contributed by atoms with E-state index in [1.807, 2.05) is 41.3 Å². The molecule has 1 amide bonds. The third-order valence-electron chi connectivity index (χ3n) is 6.30. The maximum Gasteiger partial charge on any atom is 0.410 e. The van der Waals surface area contributed by atoms with Gasteiger partial charge in [0.15, 0.2) is 0 Å². The van der Waals surface area contributed by atoms with Crippen molar-refractivity contribution < 1.29 is 9.53 Å². The van der Waals surface area contributed by atoms with Crippen molar-refractivity contribution in [3.8, 4) is 0 Å². The highest BCUT2D eigenvalue weighted by Crippen LogP contribution is 2.32. The molecule has 2 aromatic rings. The lowest BCUT2D eigenvalue weighted by molar-refractivity contribution is 0.0828. The first kappa shape index (κ1) is 21.0. The molecule has 0 aromatic heterocycles. The summed E-state index contributed by atoms with van der Waals surface area (Å²) in [5.74, 6) is 0.574. The molecule has 0 aliphatic carbocycles. The number of fused-ring (bicyclic) bond motifs is 1. The van der Waals surface area contributed by atoms with Gasteiger partial charge in [0.05, 0.1) is 0 Å². The Bertz CT molecular complexity index is 949. The molecule has 2 aliphatic heterocycles. The van der Waals surface area contributed by atoms with E-state index in [4.69, 9.17) is 15.9 Å². The Balaban J connectivity index is 1.27. The van der Waals surface area contributed by atoms with E-state index in [-0.39, 0.29) is 6.09 Å². The molecule has 0 bridgehead atoms. The van der Waals surface area contributed by atoms with Gasteiger partial charge in [0.1, 0.15) is 6.61 Å². The van der Waals surface area contributed by atoms with Crippen molar-refractivity contribution in [2.75, 3.05) is 31.1 Å². The molecule has 0 radical (unpaired) electrons. The van der Waals surface area contributed by atoms with Crippen LogP contribution in [0.5, 0.6) is 0 Å². The van der Waals surface area contributed by atoms with Gasteiger partial charge in [-0.3, -0.25) is 0 Å². The van der Waals surface area contributed by atoms with E-state index in [0.717, 1.165) is 62.1 Å². The Morgan fingerprint density at radius 1 is 1.13 bits per heavy atom. The number of anilines is 1. The van der Waals surface area contributed by atoms with Gasteiger partial charge in [0, 0.05) is 49.9 Å². The molecule has 6 nitrogen and oxygen atoms in total. The number of nitrogens with one attached hydrogen (secondary N) is 1. The minimum absolute atomic E-state index is 0.212. The molecule has 6 heteroatoms. The van der Waals surface area contributed by atoms with Crippen LogP contribution in [0.25, 0.3) is 5.57 Å². The highest BCUT2D eigenvalue weighted by Gasteiger charge is 2.27. The summed E-state index contributed by atoms with van der Waals surface area (Å²) in [6, 6.07) is 16.2. The van der Waals surface area contributed by atoms with Gasteiger partial charge in [-0.2, -0.15) is 0 Å². The summed E-state index contributed by atoms with van der Waals surface area (Å²) in [7, 11) is 0. The van der Waals surface area contributed by atoms with E-state index < -0.39 is 0 Å². The lowest BCUT2D eigenvalue weighted by Crippen LogP contribution is -2.41. The van der Waals surface area contributed by atoms with Crippen LogP contribution in [0.1, 0.15) is 29.5 Å². The molecule has 0 unspecified atom stereocenters. The average molecular weight is 419 g/mol. The first-order chi connectivity index (χ1) is 15.2. The first-order valence-corrected chi connectivity index (χ1v) is 10.9. The van der Waals surface area contributed by atoms with E-state index in [1.165, 1.54) is 23.7 Å². The van der Waals surface area contributed by atoms with Gasteiger partial charge in [-0.25, -0.2) is 4.79 Å². The van der Waals surface area contributed by atoms with E-state index >= 15 is 0 Å². The van der Waals surface area contributed by atoms with Crippen molar-refractivity contribution in [1.82, 2.24) is 4.90 Å². The van der Waals surface area contributed by atoms with Crippen LogP contribution in [0.4, 0.5) is 10.5 Å². The monoisotopic (exact) mass is 418 g/mol. The standard InChI is InChI=1S/C25H30N4O2/c26-15-23(16-27)21-6-7-24-22(14-21)10-13-29(24)17-19-8-11-28(12-9-19)25(30)31-18-20-4-2-1-3-5-20/h1-7,14-16,19,26H,8-13,17-18,27H2/b23-16+,26-15?. The summed E-state index contributed by atoms with van der Waals surface area (Å²) < 4.78 is 5.48. The largest absolute Gasteiger partial charge is 0.445 e. The minimum Gasteiger partial charge on any atom is -0.445 e. The van der Waals surface area contributed by atoms with E-state index in [0.29, 0.717) is 12.5 Å². The summed E-state index contributed by atoms with van der Waals surface area (Å²) in [6.45, 7) is 3.86. The lowest BCUT2D eigenvalue weighted by Gasteiger charge is -2.34. The van der Waals surface area contributed by atoms with Crippen molar-refractivity contribution in [2.24, 2.45) is 11.7 Å². The smallest absolute Gasteiger partial charge is 0.410 e. The fraction of sp³-hybridized carbons (Fsp3) is 0.360. The Kier molecular flexibility index (Phi) is 6.55. The number of piperidine rings is 1. The highest BCUT2D eigenvalue weighted by molar-refractivity contribution is 6.08. The molecule has 2 aliphatic rings. The van der Waals surface area contributed by atoms with Crippen molar-refractivity contribution >= 4 is 23.6 Å². The normalized spacial score (nSPS) is 16.8. The SMILES string of the molecule is N=C/C(=C\N)c1ccc2c(c1)CCN2CC1CCN(C(=O)OCc2ccccc2)CC1. The Labute approximate surface area is 183 Å². The number of carbonyl (C=O) groups excluding carboxylic acids is 1. The fourth-order valence-electron chi connectivity index (χ4n) is 4.49. The molecule has 162 valence electrons. The van der Waals surface area contributed by atoms with Gasteiger partial charge in [-0.05, 0) is 54.0 Å². The number of likely N-dealkylation sites (tertiary alicyclic amines) is 1. The number of amides is 1. The number of nitrogens with zero attached hydrogens (tertiary/aromatic N) is 2. The highest BCUT2D eigenvalue weighted by atomic mass is 16.6. The van der Waals surface area contributed by atoms with Crippen LogP contribution >= 0.6 is 0 Å². The van der Waals surface area contributed by atoms with Crippen LogP contribution < -0.4 is 10.6 Å². The van der Waals surface area contributed by atoms with Crippen LogP contribution in [0, 0.1) is 11.3 Å². The van der Waals surface area contributed by atoms with Gasteiger partial charge in [0.25, 0.3) is 0 Å². The second-order valence-electron chi connectivity index (χ2n) is 8.28. The third kappa shape index (κ3) is 4.90. The number of nitrogens with two attached hydrogens (primary N) is 1. The van der Waals surface area contributed by atoms with Gasteiger partial charge >= 0.3 is 6.09 Å². The van der Waals surface area contributed by atoms with Crippen LogP contribution in [0.3, 0.4) is 0 Å². The van der Waals surface area contributed by atoms with Gasteiger partial charge in [0.2, 0.25) is 0 Å². The van der Waals surface area contributed by atoms with E-state index in [2.05, 4.69) is 17.0 Å². The number of benzene rings is 2. The van der Waals surface area contributed by atoms with E-state index in [1.54, 1.807) is 0 Å². The summed E-state index contributed by atoms with van der Waals surface area (Å²) >= 11 is 0. The maximum atomic E-state index is 12.4. The molecule has 2 heterocycles. The molecule has 31 heavy (non-hydrogen) atoms. The molecular weight excluding hydrogens is 388 g/mol. The number of allylic oxidation sites excluding steroid dienone is 1. The molecule has 4 rings (SSSR count). The molecular formula is C25H30N4O2. The Morgan fingerprint density at radius 2 is 1.90 bits per heavy atom. The Morgan fingerprint density at radius 3 is 2.61 bits per heavy atom. The molecule has 0 saturated carbocycles. The van der Waals surface area contributed by atoms with Gasteiger partial charge < -0.3 is 25.7 Å². The molecule has 1 saturated heterocycles. The van der Waals surface area contributed by atoms with Crippen LogP contribution in [0.2, 0.25) is 0 Å². The number of carbonyl (C=O) groups is 1. The zero-order chi connectivity index (χ0) is 21.6. The quantitative estimate of drug-likeness (QED) is 0.694. The predicted octanol–water partition coefficient (Wildman–Crippen LogP) is 4.05. The second kappa shape index (κ2) is 9.69. The van der Waals surface area contributed by atoms with Crippen LogP contribution in [-0.4, -0.2) is 43.4 Å². The van der Waals surface area contributed by atoms with Gasteiger partial charge in [-0.1, -0.05) is 36.4 Å². The molecule has 0 atom stereocenters. The fourth-order valence-corrected chi connectivity index (χ4v) is 4.49. The number of ether oxygens (including phenoxy) is 1. The summed E-state index contributed by atoms with van der Waals surface area (Å²) in [5.41, 5.74) is 11.0. The molecule has 1 fully saturated rings. The van der Waals surface area contributed by atoms with Gasteiger partial charge in [-0.15, -0.1) is 0 Å². The van der Waals surface area contributed by atoms with Crippen LogP contribution in [-0.2, 0) is 17.8 Å². The maximum absolute atomic E-state index is 12.4. The zero-order valence-corrected chi connectivity index (χ0v) is 17.8. The minimum atomic E-state index is -0.212. The molecule has 2 aromatic carbocycles. The number of hydrogen-bond donors (Lipinski definition) is 2.